The summed E-state index contributed by atoms with van der Waals surface area (Å²) in [6.07, 6.45) is 4.36. The molecule has 6 heteroatoms. The molecule has 0 aliphatic carbocycles. The van der Waals surface area contributed by atoms with Gasteiger partial charge in [-0.15, -0.1) is 11.3 Å². The van der Waals surface area contributed by atoms with Crippen LogP contribution in [-0.4, -0.2) is 79.3 Å². The van der Waals surface area contributed by atoms with Crippen molar-refractivity contribution in [3.05, 3.63) is 11.6 Å². The molecule has 3 heterocycles. The number of rotatable bonds is 5. The number of aromatic nitrogens is 1. The van der Waals surface area contributed by atoms with Crippen LogP contribution in [0.15, 0.2) is 11.6 Å². The quantitative estimate of drug-likeness (QED) is 0.750. The van der Waals surface area contributed by atoms with Crippen LogP contribution in [0.3, 0.4) is 0 Å². The fraction of sp³-hybridized carbons (Fsp3) is 0.737. The Morgan fingerprint density at radius 1 is 1.16 bits per heavy atom. The van der Waals surface area contributed by atoms with Gasteiger partial charge in [0, 0.05) is 56.9 Å². The third-order valence-corrected chi connectivity index (χ3v) is 5.92. The summed E-state index contributed by atoms with van der Waals surface area (Å²) in [6, 6.07) is 0.656. The minimum atomic E-state index is 0.347. The summed E-state index contributed by atoms with van der Waals surface area (Å²) in [6.45, 7) is 12.6. The average molecular weight is 363 g/mol. The van der Waals surface area contributed by atoms with E-state index in [1.807, 2.05) is 11.6 Å². The molecule has 0 N–H and O–H groups in total. The van der Waals surface area contributed by atoms with Gasteiger partial charge in [0.25, 0.3) is 0 Å². The smallest absolute Gasteiger partial charge is 0.185 e. The standard InChI is InChI=1S/C19H30N4OS/c1-17(2)22-13-11-21(12-14-22)8-3-4-15-24-18-5-9-23(10-6-18)19-20-7-16-25-19/h7,16-18H,5-6,8-15H2,1-2H3. The molecule has 2 saturated heterocycles. The minimum absolute atomic E-state index is 0.347. The van der Waals surface area contributed by atoms with E-state index in [0.29, 0.717) is 18.8 Å². The predicted molar refractivity (Wildman–Crippen MR) is 104 cm³/mol. The van der Waals surface area contributed by atoms with Gasteiger partial charge in [-0.2, -0.15) is 0 Å². The molecule has 0 unspecified atom stereocenters. The Morgan fingerprint density at radius 3 is 2.56 bits per heavy atom. The highest BCUT2D eigenvalue weighted by Gasteiger charge is 2.21. The third kappa shape index (κ3) is 5.68. The van der Waals surface area contributed by atoms with Crippen molar-refractivity contribution in [1.29, 1.82) is 0 Å². The Kier molecular flexibility index (Phi) is 7.12. The molecule has 1 aromatic rings. The van der Waals surface area contributed by atoms with Crippen molar-refractivity contribution >= 4 is 16.5 Å². The van der Waals surface area contributed by atoms with Crippen LogP contribution in [0.2, 0.25) is 0 Å². The van der Waals surface area contributed by atoms with Crippen LogP contribution in [-0.2, 0) is 4.74 Å². The molecule has 0 radical (unpaired) electrons. The fourth-order valence-corrected chi connectivity index (χ4v) is 4.10. The first-order valence-electron chi connectivity index (χ1n) is 9.40. The molecule has 0 atom stereocenters. The molecule has 0 saturated carbocycles. The molecule has 0 amide bonds. The molecule has 0 spiro atoms. The van der Waals surface area contributed by atoms with Gasteiger partial charge < -0.3 is 9.64 Å². The predicted octanol–water partition coefficient (Wildman–Crippen LogP) is 2.16. The highest BCUT2D eigenvalue weighted by molar-refractivity contribution is 7.13. The number of anilines is 1. The lowest BCUT2D eigenvalue weighted by Crippen LogP contribution is -2.48. The highest BCUT2D eigenvalue weighted by atomic mass is 32.1. The monoisotopic (exact) mass is 362 g/mol. The second kappa shape index (κ2) is 9.54. The van der Waals surface area contributed by atoms with E-state index in [0.717, 1.165) is 63.8 Å². The van der Waals surface area contributed by atoms with Gasteiger partial charge in [0.05, 0.1) is 12.6 Å². The number of hydrogen-bond acceptors (Lipinski definition) is 6. The average Bonchev–Trinajstić information content (AvgIpc) is 3.17. The Labute approximate surface area is 156 Å². The molecular formula is C19H30N4OS. The van der Waals surface area contributed by atoms with Crippen LogP contribution in [0.4, 0.5) is 5.13 Å². The fourth-order valence-electron chi connectivity index (χ4n) is 3.40. The summed E-state index contributed by atoms with van der Waals surface area (Å²) in [5, 5.41) is 3.17. The second-order valence-electron chi connectivity index (χ2n) is 7.07. The van der Waals surface area contributed by atoms with Crippen molar-refractivity contribution in [2.75, 3.05) is 57.3 Å². The van der Waals surface area contributed by atoms with Crippen LogP contribution in [0, 0.1) is 11.8 Å². The van der Waals surface area contributed by atoms with Gasteiger partial charge in [-0.05, 0) is 26.7 Å². The molecule has 1 aromatic heterocycles. The van der Waals surface area contributed by atoms with Gasteiger partial charge in [0.1, 0.15) is 6.61 Å². The molecule has 2 aliphatic rings. The number of piperazine rings is 1. The lowest BCUT2D eigenvalue weighted by molar-refractivity contribution is 0.0594. The van der Waals surface area contributed by atoms with Crippen molar-refractivity contribution in [3.63, 3.8) is 0 Å². The zero-order valence-electron chi connectivity index (χ0n) is 15.5. The molecule has 2 aliphatic heterocycles. The van der Waals surface area contributed by atoms with Gasteiger partial charge in [-0.3, -0.25) is 9.80 Å². The number of piperidine rings is 1. The first-order chi connectivity index (χ1) is 12.2. The van der Waals surface area contributed by atoms with Gasteiger partial charge in [-0.1, -0.05) is 11.8 Å². The maximum atomic E-state index is 5.94. The number of hydrogen-bond donors (Lipinski definition) is 0. The molecule has 0 aromatic carbocycles. The Balaban J connectivity index is 1.28. The third-order valence-electron chi connectivity index (χ3n) is 5.09. The van der Waals surface area contributed by atoms with Crippen molar-refractivity contribution in [2.45, 2.75) is 38.8 Å². The molecule has 5 nitrogen and oxygen atoms in total. The highest BCUT2D eigenvalue weighted by Crippen LogP contribution is 2.22. The van der Waals surface area contributed by atoms with Gasteiger partial charge in [0.2, 0.25) is 0 Å². The SMILES string of the molecule is CC(C)N1CCN(CC#CCOC2CCN(c3nccs3)CC2)CC1. The normalized spacial score (nSPS) is 20.7. The first kappa shape index (κ1) is 18.7. The summed E-state index contributed by atoms with van der Waals surface area (Å²) < 4.78 is 5.94. The van der Waals surface area contributed by atoms with E-state index in [9.17, 15) is 0 Å². The lowest BCUT2D eigenvalue weighted by atomic mass is 10.1. The van der Waals surface area contributed by atoms with E-state index < -0.39 is 0 Å². The van der Waals surface area contributed by atoms with Crippen LogP contribution in [0.25, 0.3) is 0 Å². The van der Waals surface area contributed by atoms with Crippen molar-refractivity contribution in [1.82, 2.24) is 14.8 Å². The Hall–Kier alpha value is -1.13. The zero-order chi connectivity index (χ0) is 17.5. The number of nitrogens with zero attached hydrogens (tertiary/aromatic N) is 4. The van der Waals surface area contributed by atoms with E-state index in [2.05, 4.69) is 45.4 Å². The van der Waals surface area contributed by atoms with Crippen LogP contribution in [0.5, 0.6) is 0 Å². The summed E-state index contributed by atoms with van der Waals surface area (Å²) in [4.78, 5) is 11.7. The molecule has 3 rings (SSSR count). The second-order valence-corrected chi connectivity index (χ2v) is 7.94. The molecular weight excluding hydrogens is 332 g/mol. The largest absolute Gasteiger partial charge is 0.365 e. The maximum absolute atomic E-state index is 5.94. The first-order valence-corrected chi connectivity index (χ1v) is 10.3. The molecule has 138 valence electrons. The van der Waals surface area contributed by atoms with Gasteiger partial charge >= 0.3 is 0 Å². The van der Waals surface area contributed by atoms with E-state index in [4.69, 9.17) is 4.74 Å². The van der Waals surface area contributed by atoms with Gasteiger partial charge in [0.15, 0.2) is 5.13 Å². The van der Waals surface area contributed by atoms with Crippen molar-refractivity contribution in [3.8, 4) is 11.8 Å². The lowest BCUT2D eigenvalue weighted by Gasteiger charge is -2.36. The van der Waals surface area contributed by atoms with E-state index in [-0.39, 0.29) is 0 Å². The summed E-state index contributed by atoms with van der Waals surface area (Å²) >= 11 is 1.71. The van der Waals surface area contributed by atoms with E-state index in [1.165, 1.54) is 0 Å². The summed E-state index contributed by atoms with van der Waals surface area (Å²) in [7, 11) is 0. The molecule has 2 fully saturated rings. The van der Waals surface area contributed by atoms with Crippen molar-refractivity contribution in [2.24, 2.45) is 0 Å². The molecule has 25 heavy (non-hydrogen) atoms. The summed E-state index contributed by atoms with van der Waals surface area (Å²) in [5.74, 6) is 6.48. The summed E-state index contributed by atoms with van der Waals surface area (Å²) in [5.41, 5.74) is 0. The molecule has 0 bridgehead atoms. The maximum Gasteiger partial charge on any atom is 0.185 e. The van der Waals surface area contributed by atoms with Crippen molar-refractivity contribution < 1.29 is 4.74 Å². The van der Waals surface area contributed by atoms with Gasteiger partial charge in [-0.25, -0.2) is 4.98 Å². The Bertz CT molecular complexity index is 550. The Morgan fingerprint density at radius 2 is 1.92 bits per heavy atom. The van der Waals surface area contributed by atoms with Crippen LogP contribution < -0.4 is 4.90 Å². The number of thiazole rings is 1. The van der Waals surface area contributed by atoms with Crippen LogP contribution in [0.1, 0.15) is 26.7 Å². The van der Waals surface area contributed by atoms with E-state index in [1.54, 1.807) is 11.3 Å². The number of ether oxygens (including phenoxy) is 1. The van der Waals surface area contributed by atoms with Crippen LogP contribution >= 0.6 is 11.3 Å². The van der Waals surface area contributed by atoms with E-state index >= 15 is 0 Å². The minimum Gasteiger partial charge on any atom is -0.365 e. The topological polar surface area (TPSA) is 31.8 Å². The zero-order valence-corrected chi connectivity index (χ0v) is 16.3.